The summed E-state index contributed by atoms with van der Waals surface area (Å²) in [6.07, 6.45) is 2.62. The highest BCUT2D eigenvalue weighted by Crippen LogP contribution is 2.32. The van der Waals surface area contributed by atoms with Gasteiger partial charge < -0.3 is 5.32 Å². The van der Waals surface area contributed by atoms with Gasteiger partial charge in [-0.1, -0.05) is 6.92 Å². The number of hydrogen-bond donors (Lipinski definition) is 1. The van der Waals surface area contributed by atoms with E-state index in [1.807, 2.05) is 12.3 Å². The van der Waals surface area contributed by atoms with Crippen LogP contribution in [0.4, 0.5) is 0 Å². The van der Waals surface area contributed by atoms with Crippen LogP contribution in [0.2, 0.25) is 0 Å². The molecular formula is C12H20BrClN2O2S2. The van der Waals surface area contributed by atoms with Gasteiger partial charge in [0.2, 0.25) is 0 Å². The Morgan fingerprint density at radius 2 is 2.10 bits per heavy atom. The van der Waals surface area contributed by atoms with Gasteiger partial charge in [0.05, 0.1) is 0 Å². The third-order valence-corrected chi connectivity index (χ3v) is 7.89. The van der Waals surface area contributed by atoms with Gasteiger partial charge in [-0.25, -0.2) is 8.42 Å². The number of rotatable bonds is 5. The number of nitrogens with zero attached hydrogens (tertiary/aromatic N) is 1. The maximum Gasteiger partial charge on any atom is 0.253 e. The molecule has 4 nitrogen and oxygen atoms in total. The smallest absolute Gasteiger partial charge is 0.253 e. The van der Waals surface area contributed by atoms with Crippen LogP contribution in [0.3, 0.4) is 0 Å². The van der Waals surface area contributed by atoms with Crippen LogP contribution in [0.15, 0.2) is 20.1 Å². The number of piperidine rings is 1. The van der Waals surface area contributed by atoms with E-state index >= 15 is 0 Å². The fourth-order valence-electron chi connectivity index (χ4n) is 2.38. The maximum absolute atomic E-state index is 12.8. The molecular weight excluding hydrogens is 384 g/mol. The van der Waals surface area contributed by atoms with Gasteiger partial charge in [-0.05, 0) is 59.7 Å². The molecule has 0 aliphatic carbocycles. The largest absolute Gasteiger partial charge is 0.317 e. The molecule has 0 atom stereocenters. The summed E-state index contributed by atoms with van der Waals surface area (Å²) in [6.45, 7) is 4.41. The Labute approximate surface area is 139 Å². The van der Waals surface area contributed by atoms with E-state index in [9.17, 15) is 8.42 Å². The van der Waals surface area contributed by atoms with E-state index in [1.165, 1.54) is 11.3 Å². The highest BCUT2D eigenvalue weighted by Gasteiger charge is 2.33. The van der Waals surface area contributed by atoms with Crippen molar-refractivity contribution in [3.8, 4) is 0 Å². The molecule has 1 saturated heterocycles. The van der Waals surface area contributed by atoms with Crippen LogP contribution in [-0.2, 0) is 10.0 Å². The third-order valence-electron chi connectivity index (χ3n) is 3.29. The topological polar surface area (TPSA) is 49.4 Å². The lowest BCUT2D eigenvalue weighted by atomic mass is 10.1. The standard InChI is InChI=1S/C12H19BrN2O2S2.ClH/c1-2-8-15(10-3-6-14-7-4-10)19(16,17)12-11(13)5-9-18-12;/h5,9-10,14H,2-4,6-8H2,1H3;1H. The summed E-state index contributed by atoms with van der Waals surface area (Å²) in [5.41, 5.74) is 0. The second kappa shape index (κ2) is 8.10. The van der Waals surface area contributed by atoms with Crippen molar-refractivity contribution in [1.29, 1.82) is 0 Å². The molecule has 2 heterocycles. The molecule has 0 aromatic carbocycles. The lowest BCUT2D eigenvalue weighted by Gasteiger charge is -2.33. The van der Waals surface area contributed by atoms with E-state index in [0.29, 0.717) is 15.2 Å². The molecule has 20 heavy (non-hydrogen) atoms. The van der Waals surface area contributed by atoms with Gasteiger partial charge in [0.15, 0.2) is 0 Å². The maximum atomic E-state index is 12.8. The van der Waals surface area contributed by atoms with Crippen LogP contribution in [0.1, 0.15) is 26.2 Å². The zero-order valence-electron chi connectivity index (χ0n) is 11.3. The Bertz CT molecular complexity index is 515. The monoisotopic (exact) mass is 402 g/mol. The number of thiophene rings is 1. The Balaban J connectivity index is 0.00000200. The van der Waals surface area contributed by atoms with Crippen LogP contribution < -0.4 is 5.32 Å². The molecule has 1 N–H and O–H groups in total. The van der Waals surface area contributed by atoms with Crippen molar-refractivity contribution >= 4 is 49.7 Å². The average molecular weight is 404 g/mol. The fourth-order valence-corrected chi connectivity index (χ4v) is 6.59. The number of nitrogens with one attached hydrogen (secondary N) is 1. The van der Waals surface area contributed by atoms with Crippen molar-refractivity contribution in [2.75, 3.05) is 19.6 Å². The minimum absolute atomic E-state index is 0. The van der Waals surface area contributed by atoms with Gasteiger partial charge in [0.1, 0.15) is 4.21 Å². The number of sulfonamides is 1. The number of hydrogen-bond acceptors (Lipinski definition) is 4. The van der Waals surface area contributed by atoms with Gasteiger partial charge in [-0.2, -0.15) is 4.31 Å². The molecule has 0 unspecified atom stereocenters. The van der Waals surface area contributed by atoms with Crippen LogP contribution in [-0.4, -0.2) is 38.4 Å². The summed E-state index contributed by atoms with van der Waals surface area (Å²) < 4.78 is 28.4. The SMILES string of the molecule is CCCN(C1CCNCC1)S(=O)(=O)c1sccc1Br.Cl. The Kier molecular flexibility index (Phi) is 7.45. The van der Waals surface area contributed by atoms with E-state index in [0.717, 1.165) is 32.4 Å². The van der Waals surface area contributed by atoms with Crippen LogP contribution in [0.5, 0.6) is 0 Å². The summed E-state index contributed by atoms with van der Waals surface area (Å²) in [5, 5.41) is 5.09. The van der Waals surface area contributed by atoms with Gasteiger partial charge in [0.25, 0.3) is 10.0 Å². The molecule has 0 saturated carbocycles. The third kappa shape index (κ3) is 3.96. The first kappa shape index (κ1) is 18.4. The molecule has 0 spiro atoms. The molecule has 1 aliphatic rings. The van der Waals surface area contributed by atoms with E-state index in [1.54, 1.807) is 10.4 Å². The number of halogens is 2. The Hall–Kier alpha value is 0.340. The quantitative estimate of drug-likeness (QED) is 0.822. The molecule has 1 aromatic heterocycles. The molecule has 0 radical (unpaired) electrons. The first-order chi connectivity index (χ1) is 9.07. The normalized spacial score (nSPS) is 17.1. The van der Waals surface area contributed by atoms with Crippen molar-refractivity contribution in [2.45, 2.75) is 36.4 Å². The van der Waals surface area contributed by atoms with E-state index in [4.69, 9.17) is 0 Å². The van der Waals surface area contributed by atoms with Crippen molar-refractivity contribution in [3.63, 3.8) is 0 Å². The van der Waals surface area contributed by atoms with Crippen molar-refractivity contribution in [3.05, 3.63) is 15.9 Å². The predicted molar refractivity (Wildman–Crippen MR) is 89.3 cm³/mol. The minimum Gasteiger partial charge on any atom is -0.317 e. The molecule has 1 aromatic rings. The second-order valence-corrected chi connectivity index (χ2v) is 8.51. The van der Waals surface area contributed by atoms with Crippen molar-refractivity contribution in [2.24, 2.45) is 0 Å². The van der Waals surface area contributed by atoms with Gasteiger partial charge in [-0.15, -0.1) is 23.7 Å². The van der Waals surface area contributed by atoms with Crippen LogP contribution >= 0.6 is 39.7 Å². The van der Waals surface area contributed by atoms with Gasteiger partial charge in [-0.3, -0.25) is 0 Å². The Morgan fingerprint density at radius 3 is 2.60 bits per heavy atom. The predicted octanol–water partition coefficient (Wildman–Crippen LogP) is 3.09. The summed E-state index contributed by atoms with van der Waals surface area (Å²) in [7, 11) is -3.37. The van der Waals surface area contributed by atoms with Crippen LogP contribution in [0.25, 0.3) is 0 Å². The fraction of sp³-hybridized carbons (Fsp3) is 0.667. The molecule has 1 fully saturated rings. The average Bonchev–Trinajstić information content (AvgIpc) is 2.84. The lowest BCUT2D eigenvalue weighted by Crippen LogP contribution is -2.46. The molecule has 0 amide bonds. The van der Waals surface area contributed by atoms with Gasteiger partial charge >= 0.3 is 0 Å². The van der Waals surface area contributed by atoms with Gasteiger partial charge in [0, 0.05) is 17.1 Å². The molecule has 116 valence electrons. The molecule has 8 heteroatoms. The molecule has 0 bridgehead atoms. The van der Waals surface area contributed by atoms with Crippen LogP contribution in [0, 0.1) is 0 Å². The summed E-state index contributed by atoms with van der Waals surface area (Å²) in [6, 6.07) is 1.92. The zero-order chi connectivity index (χ0) is 13.9. The van der Waals surface area contributed by atoms with Crippen molar-refractivity contribution < 1.29 is 8.42 Å². The first-order valence-electron chi connectivity index (χ1n) is 6.53. The summed E-state index contributed by atoms with van der Waals surface area (Å²) in [4.78, 5) is 0. The minimum atomic E-state index is -3.37. The Morgan fingerprint density at radius 1 is 1.45 bits per heavy atom. The second-order valence-electron chi connectivity index (χ2n) is 4.65. The molecule has 2 rings (SSSR count). The highest BCUT2D eigenvalue weighted by molar-refractivity contribution is 9.10. The van der Waals surface area contributed by atoms with Crippen molar-refractivity contribution in [1.82, 2.24) is 9.62 Å². The summed E-state index contributed by atoms with van der Waals surface area (Å²) in [5.74, 6) is 0. The summed E-state index contributed by atoms with van der Waals surface area (Å²) >= 11 is 4.62. The lowest BCUT2D eigenvalue weighted by molar-refractivity contribution is 0.262. The highest BCUT2D eigenvalue weighted by atomic mass is 79.9. The van der Waals surface area contributed by atoms with E-state index < -0.39 is 10.0 Å². The first-order valence-corrected chi connectivity index (χ1v) is 9.64. The van der Waals surface area contributed by atoms with E-state index in [2.05, 4.69) is 21.2 Å². The van der Waals surface area contributed by atoms with E-state index in [-0.39, 0.29) is 18.4 Å². The molecule has 1 aliphatic heterocycles. The zero-order valence-corrected chi connectivity index (χ0v) is 15.4.